The molecule has 1 N–H and O–H groups in total. The Kier molecular flexibility index (Phi) is 4.26. The first-order valence-corrected chi connectivity index (χ1v) is 11.3. The molecule has 0 unspecified atom stereocenters. The monoisotopic (exact) mass is 417 g/mol. The third-order valence-electron chi connectivity index (χ3n) is 7.69. The second kappa shape index (κ2) is 7.04. The Bertz CT molecular complexity index is 1160. The Morgan fingerprint density at radius 1 is 1.06 bits per heavy atom. The smallest absolute Gasteiger partial charge is 0.264 e. The van der Waals surface area contributed by atoms with E-state index in [0.717, 1.165) is 30.0 Å². The zero-order valence-electron chi connectivity index (χ0n) is 17.5. The largest absolute Gasteiger partial charge is 0.354 e. The van der Waals surface area contributed by atoms with Gasteiger partial charge in [-0.05, 0) is 73.8 Å². The normalized spacial score (nSPS) is 28.8. The minimum absolute atomic E-state index is 0.00927. The SMILES string of the molecule is O=C(Cn1cnc2c(cnn2-c2ccccc2)c1=O)NCC12CC3CC(CC(C3)C1)C2. The second-order valence-electron chi connectivity index (χ2n) is 10.0. The highest BCUT2D eigenvalue weighted by Gasteiger charge is 2.50. The number of para-hydroxylation sites is 1. The highest BCUT2D eigenvalue weighted by atomic mass is 16.2. The molecule has 7 heteroatoms. The van der Waals surface area contributed by atoms with Gasteiger partial charge in [0.2, 0.25) is 5.91 Å². The van der Waals surface area contributed by atoms with E-state index in [-0.39, 0.29) is 23.4 Å². The van der Waals surface area contributed by atoms with Crippen molar-refractivity contribution in [3.05, 3.63) is 53.2 Å². The van der Waals surface area contributed by atoms with Crippen molar-refractivity contribution < 1.29 is 4.79 Å². The lowest BCUT2D eigenvalue weighted by Crippen LogP contribution is -2.51. The van der Waals surface area contributed by atoms with Crippen LogP contribution in [0.25, 0.3) is 16.7 Å². The minimum atomic E-state index is -0.239. The number of benzene rings is 1. The number of aromatic nitrogens is 4. The summed E-state index contributed by atoms with van der Waals surface area (Å²) in [7, 11) is 0. The van der Waals surface area contributed by atoms with Gasteiger partial charge in [-0.1, -0.05) is 18.2 Å². The Morgan fingerprint density at radius 3 is 2.42 bits per heavy atom. The maximum absolute atomic E-state index is 12.9. The van der Waals surface area contributed by atoms with Crippen LogP contribution in [0.4, 0.5) is 0 Å². The lowest BCUT2D eigenvalue weighted by molar-refractivity contribution is -0.123. The van der Waals surface area contributed by atoms with Gasteiger partial charge in [0.05, 0.1) is 11.9 Å². The van der Waals surface area contributed by atoms with Crippen molar-refractivity contribution in [2.24, 2.45) is 23.2 Å². The molecule has 4 aliphatic carbocycles. The molecule has 31 heavy (non-hydrogen) atoms. The standard InChI is InChI=1S/C24H27N5O2/c30-21(25-14-24-9-16-6-17(10-24)8-18(7-16)11-24)13-28-15-26-22-20(23(28)31)12-27-29(22)19-4-2-1-3-5-19/h1-5,12,15-18H,6-11,13-14H2,(H,25,30). The van der Waals surface area contributed by atoms with E-state index in [2.05, 4.69) is 15.4 Å². The van der Waals surface area contributed by atoms with E-state index in [1.165, 1.54) is 55.6 Å². The Balaban J connectivity index is 1.17. The molecule has 0 atom stereocenters. The summed E-state index contributed by atoms with van der Waals surface area (Å²) in [5.74, 6) is 2.46. The highest BCUT2D eigenvalue weighted by Crippen LogP contribution is 2.59. The third-order valence-corrected chi connectivity index (χ3v) is 7.69. The van der Waals surface area contributed by atoms with E-state index >= 15 is 0 Å². The van der Waals surface area contributed by atoms with Gasteiger partial charge in [-0.3, -0.25) is 14.2 Å². The van der Waals surface area contributed by atoms with Crippen LogP contribution in [0, 0.1) is 23.2 Å². The van der Waals surface area contributed by atoms with Gasteiger partial charge < -0.3 is 5.32 Å². The Morgan fingerprint density at radius 2 is 1.74 bits per heavy atom. The molecule has 2 aromatic heterocycles. The van der Waals surface area contributed by atoms with Crippen molar-refractivity contribution in [3.8, 4) is 5.69 Å². The first-order valence-electron chi connectivity index (χ1n) is 11.3. The average Bonchev–Trinajstić information content (AvgIpc) is 3.19. The van der Waals surface area contributed by atoms with Crippen molar-refractivity contribution in [3.63, 3.8) is 0 Å². The molecule has 4 saturated carbocycles. The molecule has 160 valence electrons. The number of hydrogen-bond donors (Lipinski definition) is 1. The van der Waals surface area contributed by atoms with Crippen LogP contribution in [-0.2, 0) is 11.3 Å². The number of carbonyl (C=O) groups is 1. The fraction of sp³-hybridized carbons (Fsp3) is 0.500. The summed E-state index contributed by atoms with van der Waals surface area (Å²) in [6.07, 6.45) is 10.9. The number of nitrogens with one attached hydrogen (secondary N) is 1. The van der Waals surface area contributed by atoms with Gasteiger partial charge in [0.15, 0.2) is 5.65 Å². The quantitative estimate of drug-likeness (QED) is 0.692. The lowest BCUT2D eigenvalue weighted by Gasteiger charge is -2.56. The summed E-state index contributed by atoms with van der Waals surface area (Å²) < 4.78 is 3.03. The van der Waals surface area contributed by atoms with Gasteiger partial charge in [-0.25, -0.2) is 9.67 Å². The van der Waals surface area contributed by atoms with Crippen LogP contribution in [0.15, 0.2) is 47.7 Å². The van der Waals surface area contributed by atoms with Gasteiger partial charge in [0.25, 0.3) is 5.56 Å². The maximum atomic E-state index is 12.9. The Hall–Kier alpha value is -2.96. The van der Waals surface area contributed by atoms with Gasteiger partial charge in [0, 0.05) is 6.54 Å². The van der Waals surface area contributed by atoms with Gasteiger partial charge in [-0.15, -0.1) is 0 Å². The number of hydrogen-bond acceptors (Lipinski definition) is 4. The summed E-state index contributed by atoms with van der Waals surface area (Å²) >= 11 is 0. The van der Waals surface area contributed by atoms with Crippen molar-refractivity contribution >= 4 is 16.9 Å². The third kappa shape index (κ3) is 3.27. The molecule has 0 radical (unpaired) electrons. The molecule has 2 heterocycles. The van der Waals surface area contributed by atoms with Gasteiger partial charge >= 0.3 is 0 Å². The van der Waals surface area contributed by atoms with Crippen molar-refractivity contribution in [2.45, 2.75) is 45.1 Å². The molecule has 7 rings (SSSR count). The summed E-state index contributed by atoms with van der Waals surface area (Å²) in [5, 5.41) is 7.89. The summed E-state index contributed by atoms with van der Waals surface area (Å²) in [4.78, 5) is 30.1. The fourth-order valence-electron chi connectivity index (χ4n) is 6.82. The minimum Gasteiger partial charge on any atom is -0.354 e. The van der Waals surface area contributed by atoms with Crippen LogP contribution in [0.1, 0.15) is 38.5 Å². The fourth-order valence-corrected chi connectivity index (χ4v) is 6.82. The number of nitrogens with zero attached hydrogens (tertiary/aromatic N) is 4. The zero-order chi connectivity index (χ0) is 21.0. The molecule has 7 nitrogen and oxygen atoms in total. The van der Waals surface area contributed by atoms with Crippen LogP contribution < -0.4 is 10.9 Å². The highest BCUT2D eigenvalue weighted by molar-refractivity contribution is 5.77. The van der Waals surface area contributed by atoms with Crippen LogP contribution in [-0.4, -0.2) is 31.8 Å². The molecule has 1 amide bonds. The van der Waals surface area contributed by atoms with Crippen molar-refractivity contribution in [2.75, 3.05) is 6.54 Å². The topological polar surface area (TPSA) is 81.8 Å². The van der Waals surface area contributed by atoms with E-state index < -0.39 is 0 Å². The summed E-state index contributed by atoms with van der Waals surface area (Å²) in [5.41, 5.74) is 1.39. The van der Waals surface area contributed by atoms with Crippen molar-refractivity contribution in [1.82, 2.24) is 24.6 Å². The van der Waals surface area contributed by atoms with Crippen molar-refractivity contribution in [1.29, 1.82) is 0 Å². The molecule has 4 bridgehead atoms. The first-order chi connectivity index (χ1) is 15.1. The van der Waals surface area contributed by atoms with Crippen LogP contribution >= 0.6 is 0 Å². The average molecular weight is 418 g/mol. The predicted molar refractivity (Wildman–Crippen MR) is 117 cm³/mol. The molecular formula is C24H27N5O2. The lowest BCUT2D eigenvalue weighted by atomic mass is 9.49. The van der Waals surface area contributed by atoms with E-state index in [9.17, 15) is 9.59 Å². The zero-order valence-corrected chi connectivity index (χ0v) is 17.5. The molecule has 0 saturated heterocycles. The summed E-state index contributed by atoms with van der Waals surface area (Å²) in [6.45, 7) is 0.732. The number of amides is 1. The number of rotatable bonds is 5. The van der Waals surface area contributed by atoms with E-state index in [1.54, 1.807) is 4.68 Å². The molecule has 0 spiro atoms. The Labute approximate surface area is 180 Å². The summed E-state index contributed by atoms with van der Waals surface area (Å²) in [6, 6.07) is 9.59. The number of carbonyl (C=O) groups excluding carboxylic acids is 1. The van der Waals surface area contributed by atoms with Crippen LogP contribution in [0.5, 0.6) is 0 Å². The molecule has 0 aliphatic heterocycles. The van der Waals surface area contributed by atoms with Crippen LogP contribution in [0.3, 0.4) is 0 Å². The van der Waals surface area contributed by atoms with Gasteiger partial charge in [0.1, 0.15) is 18.3 Å². The second-order valence-corrected chi connectivity index (χ2v) is 10.0. The van der Waals surface area contributed by atoms with E-state index in [0.29, 0.717) is 11.0 Å². The maximum Gasteiger partial charge on any atom is 0.264 e. The predicted octanol–water partition coefficient (Wildman–Crippen LogP) is 2.91. The first kappa shape index (κ1) is 18.8. The van der Waals surface area contributed by atoms with Crippen LogP contribution in [0.2, 0.25) is 0 Å². The molecular weight excluding hydrogens is 390 g/mol. The number of fused-ring (bicyclic) bond motifs is 1. The van der Waals surface area contributed by atoms with E-state index in [4.69, 9.17) is 0 Å². The molecule has 4 fully saturated rings. The molecule has 3 aromatic rings. The molecule has 1 aromatic carbocycles. The molecule has 4 aliphatic rings. The van der Waals surface area contributed by atoms with E-state index in [1.807, 2.05) is 30.3 Å². The van der Waals surface area contributed by atoms with Gasteiger partial charge in [-0.2, -0.15) is 5.10 Å².